The molecule has 5 nitrogen and oxygen atoms in total. The van der Waals surface area contributed by atoms with E-state index in [1.807, 2.05) is 29.2 Å². The summed E-state index contributed by atoms with van der Waals surface area (Å²) in [4.78, 5) is 38.3. The SMILES string of the molecule is CC(=O)c1ccc(C(=O)N2CCCC(CCC(=O)NCc3ccccc3Cl)C2)cc1. The predicted octanol–water partition coefficient (Wildman–Crippen LogP) is 4.49. The molecule has 2 aromatic rings. The highest BCUT2D eigenvalue weighted by atomic mass is 35.5. The monoisotopic (exact) mass is 426 g/mol. The maximum atomic E-state index is 12.8. The van der Waals surface area contributed by atoms with E-state index in [1.165, 1.54) is 6.92 Å². The average molecular weight is 427 g/mol. The molecule has 6 heteroatoms. The zero-order chi connectivity index (χ0) is 21.5. The minimum atomic E-state index is -0.0158. The molecule has 0 radical (unpaired) electrons. The quantitative estimate of drug-likeness (QED) is 0.663. The van der Waals surface area contributed by atoms with E-state index < -0.39 is 0 Å². The van der Waals surface area contributed by atoms with Gasteiger partial charge in [-0.1, -0.05) is 41.9 Å². The van der Waals surface area contributed by atoms with Crippen LogP contribution in [0.3, 0.4) is 0 Å². The van der Waals surface area contributed by atoms with Gasteiger partial charge in [-0.15, -0.1) is 0 Å². The number of nitrogens with zero attached hydrogens (tertiary/aromatic N) is 1. The first-order valence-corrected chi connectivity index (χ1v) is 10.7. The number of carbonyl (C=O) groups is 3. The fourth-order valence-corrected chi connectivity index (χ4v) is 3.98. The summed E-state index contributed by atoms with van der Waals surface area (Å²) >= 11 is 6.12. The number of rotatable bonds is 7. The second kappa shape index (κ2) is 10.4. The van der Waals surface area contributed by atoms with Crippen molar-refractivity contribution in [3.05, 3.63) is 70.2 Å². The van der Waals surface area contributed by atoms with Crippen LogP contribution in [0, 0.1) is 5.92 Å². The number of benzene rings is 2. The topological polar surface area (TPSA) is 66.5 Å². The zero-order valence-corrected chi connectivity index (χ0v) is 18.0. The van der Waals surface area contributed by atoms with Gasteiger partial charge in [-0.2, -0.15) is 0 Å². The molecule has 0 spiro atoms. The molecule has 1 heterocycles. The van der Waals surface area contributed by atoms with Gasteiger partial charge in [-0.25, -0.2) is 0 Å². The largest absolute Gasteiger partial charge is 0.352 e. The molecular formula is C24H27ClN2O3. The molecule has 3 rings (SSSR count). The molecule has 0 bridgehead atoms. The van der Waals surface area contributed by atoms with Gasteiger partial charge in [0.1, 0.15) is 0 Å². The Hall–Kier alpha value is -2.66. The van der Waals surface area contributed by atoms with Gasteiger partial charge in [0.15, 0.2) is 5.78 Å². The van der Waals surface area contributed by atoms with Gasteiger partial charge in [-0.05, 0) is 55.9 Å². The number of piperidine rings is 1. The molecular weight excluding hydrogens is 400 g/mol. The van der Waals surface area contributed by atoms with E-state index >= 15 is 0 Å². The van der Waals surface area contributed by atoms with Crippen LogP contribution < -0.4 is 5.32 Å². The summed E-state index contributed by atoms with van der Waals surface area (Å²) < 4.78 is 0. The van der Waals surface area contributed by atoms with Crippen molar-refractivity contribution < 1.29 is 14.4 Å². The molecule has 2 aromatic carbocycles. The van der Waals surface area contributed by atoms with Crippen LogP contribution in [0.1, 0.15) is 58.9 Å². The highest BCUT2D eigenvalue weighted by Crippen LogP contribution is 2.23. The van der Waals surface area contributed by atoms with E-state index in [9.17, 15) is 14.4 Å². The van der Waals surface area contributed by atoms with E-state index in [2.05, 4.69) is 5.32 Å². The first-order chi connectivity index (χ1) is 14.4. The summed E-state index contributed by atoms with van der Waals surface area (Å²) in [6, 6.07) is 14.3. The highest BCUT2D eigenvalue weighted by molar-refractivity contribution is 6.31. The molecule has 1 aliphatic heterocycles. The summed E-state index contributed by atoms with van der Waals surface area (Å²) in [6.07, 6.45) is 3.14. The fraction of sp³-hybridized carbons (Fsp3) is 0.375. The van der Waals surface area contributed by atoms with Crippen molar-refractivity contribution in [2.24, 2.45) is 5.92 Å². The van der Waals surface area contributed by atoms with Gasteiger partial charge >= 0.3 is 0 Å². The highest BCUT2D eigenvalue weighted by Gasteiger charge is 2.25. The predicted molar refractivity (Wildman–Crippen MR) is 118 cm³/mol. The van der Waals surface area contributed by atoms with Crippen LogP contribution >= 0.6 is 11.6 Å². The van der Waals surface area contributed by atoms with Gasteiger partial charge in [0.2, 0.25) is 5.91 Å². The number of ketones is 1. The van der Waals surface area contributed by atoms with Crippen molar-refractivity contribution in [2.45, 2.75) is 39.2 Å². The van der Waals surface area contributed by atoms with E-state index in [-0.39, 0.29) is 17.6 Å². The van der Waals surface area contributed by atoms with Gasteiger partial charge in [0.05, 0.1) is 0 Å². The Balaban J connectivity index is 1.47. The molecule has 1 atom stereocenters. The van der Waals surface area contributed by atoms with Crippen molar-refractivity contribution in [1.29, 1.82) is 0 Å². The molecule has 0 aromatic heterocycles. The lowest BCUT2D eigenvalue weighted by molar-refractivity contribution is -0.121. The summed E-state index contributed by atoms with van der Waals surface area (Å²) in [5, 5.41) is 3.57. The van der Waals surface area contributed by atoms with Gasteiger partial charge in [0.25, 0.3) is 5.91 Å². The number of hydrogen-bond acceptors (Lipinski definition) is 3. The van der Waals surface area contributed by atoms with Crippen LogP contribution in [-0.4, -0.2) is 35.6 Å². The minimum Gasteiger partial charge on any atom is -0.352 e. The molecule has 30 heavy (non-hydrogen) atoms. The normalized spacial score (nSPS) is 16.2. The molecule has 1 saturated heterocycles. The average Bonchev–Trinajstić information content (AvgIpc) is 2.77. The molecule has 1 unspecified atom stereocenters. The molecule has 0 saturated carbocycles. The van der Waals surface area contributed by atoms with Gasteiger partial charge in [0, 0.05) is 42.2 Å². The van der Waals surface area contributed by atoms with Crippen LogP contribution in [0.25, 0.3) is 0 Å². The van der Waals surface area contributed by atoms with Crippen LogP contribution in [0.4, 0.5) is 0 Å². The summed E-state index contributed by atoms with van der Waals surface area (Å²) in [5.74, 6) is 0.279. The van der Waals surface area contributed by atoms with Crippen molar-refractivity contribution in [2.75, 3.05) is 13.1 Å². The van der Waals surface area contributed by atoms with Crippen molar-refractivity contribution >= 4 is 29.2 Å². The Morgan fingerprint density at radius 1 is 1.07 bits per heavy atom. The third-order valence-corrected chi connectivity index (χ3v) is 5.93. The van der Waals surface area contributed by atoms with Gasteiger partial charge < -0.3 is 10.2 Å². The first-order valence-electron chi connectivity index (χ1n) is 10.3. The number of hydrogen-bond donors (Lipinski definition) is 1. The molecule has 1 N–H and O–H groups in total. The fourth-order valence-electron chi connectivity index (χ4n) is 3.77. The Labute approximate surface area is 182 Å². The van der Waals surface area contributed by atoms with Crippen molar-refractivity contribution in [3.8, 4) is 0 Å². The third kappa shape index (κ3) is 5.92. The lowest BCUT2D eigenvalue weighted by Crippen LogP contribution is -2.40. The summed E-state index contributed by atoms with van der Waals surface area (Å²) in [7, 11) is 0. The first kappa shape index (κ1) is 22.0. The van der Waals surface area contributed by atoms with Crippen LogP contribution in [0.5, 0.6) is 0 Å². The van der Waals surface area contributed by atoms with Crippen LogP contribution in [0.2, 0.25) is 5.02 Å². The number of Topliss-reactive ketones (excluding diaryl/α,β-unsaturated/α-hetero) is 1. The van der Waals surface area contributed by atoms with E-state index in [0.717, 1.165) is 31.4 Å². The zero-order valence-electron chi connectivity index (χ0n) is 17.2. The molecule has 158 valence electrons. The molecule has 1 aliphatic rings. The smallest absolute Gasteiger partial charge is 0.253 e. The minimum absolute atomic E-state index is 0.00167. The molecule has 0 aliphatic carbocycles. The third-order valence-electron chi connectivity index (χ3n) is 5.56. The van der Waals surface area contributed by atoms with E-state index in [0.29, 0.717) is 41.6 Å². The second-order valence-corrected chi connectivity index (χ2v) is 8.21. The molecule has 2 amide bonds. The maximum Gasteiger partial charge on any atom is 0.253 e. The summed E-state index contributed by atoms with van der Waals surface area (Å²) in [5.41, 5.74) is 2.10. The van der Waals surface area contributed by atoms with Crippen molar-refractivity contribution in [3.63, 3.8) is 0 Å². The summed E-state index contributed by atoms with van der Waals surface area (Å²) in [6.45, 7) is 3.31. The lowest BCUT2D eigenvalue weighted by atomic mass is 9.92. The van der Waals surface area contributed by atoms with Crippen molar-refractivity contribution in [1.82, 2.24) is 10.2 Å². The number of likely N-dealkylation sites (tertiary alicyclic amines) is 1. The maximum absolute atomic E-state index is 12.8. The van der Waals surface area contributed by atoms with Gasteiger partial charge in [-0.3, -0.25) is 14.4 Å². The van der Waals surface area contributed by atoms with Crippen LogP contribution in [0.15, 0.2) is 48.5 Å². The Morgan fingerprint density at radius 3 is 2.47 bits per heavy atom. The number of halogens is 1. The number of carbonyl (C=O) groups excluding carboxylic acids is 3. The van der Waals surface area contributed by atoms with Crippen LogP contribution in [-0.2, 0) is 11.3 Å². The Morgan fingerprint density at radius 2 is 1.77 bits per heavy atom. The standard InChI is InChI=1S/C24H27ClN2O3/c1-17(28)19-9-11-20(12-10-19)24(30)27-14-4-5-18(16-27)8-13-23(29)26-15-21-6-2-3-7-22(21)25/h2-3,6-7,9-12,18H,4-5,8,13-16H2,1H3,(H,26,29). The van der Waals surface area contributed by atoms with E-state index in [1.54, 1.807) is 24.3 Å². The Kier molecular flexibility index (Phi) is 7.63. The number of amides is 2. The Bertz CT molecular complexity index is 911. The number of nitrogens with one attached hydrogen (secondary N) is 1. The second-order valence-electron chi connectivity index (χ2n) is 7.80. The molecule has 1 fully saturated rings. The van der Waals surface area contributed by atoms with E-state index in [4.69, 9.17) is 11.6 Å². The lowest BCUT2D eigenvalue weighted by Gasteiger charge is -2.33.